The normalized spacial score (nSPS) is 23.6. The van der Waals surface area contributed by atoms with E-state index in [0.717, 1.165) is 32.7 Å². The first-order chi connectivity index (χ1) is 10.9. The van der Waals surface area contributed by atoms with Gasteiger partial charge in [0, 0.05) is 38.1 Å². The maximum Gasteiger partial charge on any atom is 0.410 e. The second-order valence-corrected chi connectivity index (χ2v) is 7.86. The molecule has 1 N–H and O–H groups in total. The van der Waals surface area contributed by atoms with E-state index < -0.39 is 5.60 Å². The number of amides is 1. The van der Waals surface area contributed by atoms with Crippen molar-refractivity contribution in [3.05, 3.63) is 18.0 Å². The number of likely N-dealkylation sites (tertiary alicyclic amines) is 2. The third-order valence-electron chi connectivity index (χ3n) is 4.72. The van der Waals surface area contributed by atoms with Crippen molar-refractivity contribution in [1.29, 1.82) is 0 Å². The summed E-state index contributed by atoms with van der Waals surface area (Å²) in [6.07, 6.45) is 4.15. The fraction of sp³-hybridized carbons (Fsp3) is 0.765. The van der Waals surface area contributed by atoms with Crippen LogP contribution in [0.5, 0.6) is 0 Å². The third kappa shape index (κ3) is 4.25. The Balaban J connectivity index is 1.45. The van der Waals surface area contributed by atoms with Gasteiger partial charge < -0.3 is 9.64 Å². The Hall–Kier alpha value is -1.56. The predicted octanol–water partition coefficient (Wildman–Crippen LogP) is 2.49. The average Bonchev–Trinajstić information content (AvgIpc) is 2.88. The summed E-state index contributed by atoms with van der Waals surface area (Å²) in [5.41, 5.74) is 0.767. The molecule has 23 heavy (non-hydrogen) atoms. The van der Waals surface area contributed by atoms with Crippen molar-refractivity contribution in [3.8, 4) is 0 Å². The molecule has 3 rings (SSSR count). The zero-order chi connectivity index (χ0) is 16.4. The second-order valence-electron chi connectivity index (χ2n) is 7.86. The van der Waals surface area contributed by atoms with E-state index in [2.05, 4.69) is 15.1 Å². The Kier molecular flexibility index (Phi) is 4.62. The molecule has 0 saturated carbocycles. The lowest BCUT2D eigenvalue weighted by Crippen LogP contribution is -2.56. The Labute approximate surface area is 138 Å². The van der Waals surface area contributed by atoms with Crippen LogP contribution in [0.1, 0.15) is 39.3 Å². The van der Waals surface area contributed by atoms with Gasteiger partial charge in [0.25, 0.3) is 0 Å². The number of piperidine rings is 1. The summed E-state index contributed by atoms with van der Waals surface area (Å²) >= 11 is 0. The standard InChI is InChI=1S/C17H28N4O2/c1-17(2,3)23-16(22)21-10-14(11-21)13-5-4-8-20(9-13)12-15-6-7-18-19-15/h6-7,13-14H,4-5,8-12H2,1-3H3,(H,18,19). The number of aromatic amines is 1. The number of carbonyl (C=O) groups excluding carboxylic acids is 1. The molecule has 1 aromatic heterocycles. The van der Waals surface area contributed by atoms with Gasteiger partial charge in [0.1, 0.15) is 5.60 Å². The van der Waals surface area contributed by atoms with Gasteiger partial charge in [-0.15, -0.1) is 0 Å². The van der Waals surface area contributed by atoms with Crippen LogP contribution in [0.2, 0.25) is 0 Å². The zero-order valence-corrected chi connectivity index (χ0v) is 14.4. The molecule has 2 aliphatic rings. The first-order valence-corrected chi connectivity index (χ1v) is 8.59. The number of carbonyl (C=O) groups is 1. The van der Waals surface area contributed by atoms with Crippen LogP contribution in [0.4, 0.5) is 4.79 Å². The topological polar surface area (TPSA) is 61.5 Å². The fourth-order valence-electron chi connectivity index (χ4n) is 3.52. The maximum atomic E-state index is 12.0. The summed E-state index contributed by atoms with van der Waals surface area (Å²) in [5, 5.41) is 7.06. The minimum absolute atomic E-state index is 0.168. The van der Waals surface area contributed by atoms with Gasteiger partial charge in [0.15, 0.2) is 0 Å². The zero-order valence-electron chi connectivity index (χ0n) is 14.4. The highest BCUT2D eigenvalue weighted by atomic mass is 16.6. The third-order valence-corrected chi connectivity index (χ3v) is 4.72. The van der Waals surface area contributed by atoms with Gasteiger partial charge in [0.2, 0.25) is 0 Å². The van der Waals surface area contributed by atoms with E-state index in [9.17, 15) is 4.79 Å². The number of rotatable bonds is 3. The second kappa shape index (κ2) is 6.51. The van der Waals surface area contributed by atoms with Crippen molar-refractivity contribution in [2.45, 2.75) is 45.8 Å². The average molecular weight is 320 g/mol. The van der Waals surface area contributed by atoms with Crippen LogP contribution >= 0.6 is 0 Å². The molecule has 128 valence electrons. The fourth-order valence-corrected chi connectivity index (χ4v) is 3.52. The van der Waals surface area contributed by atoms with Crippen molar-refractivity contribution in [3.63, 3.8) is 0 Å². The molecular weight excluding hydrogens is 292 g/mol. The number of hydrogen-bond donors (Lipinski definition) is 1. The van der Waals surface area contributed by atoms with E-state index in [1.54, 1.807) is 6.20 Å². The van der Waals surface area contributed by atoms with E-state index in [1.807, 2.05) is 31.7 Å². The molecule has 0 bridgehead atoms. The molecule has 6 nitrogen and oxygen atoms in total. The van der Waals surface area contributed by atoms with Crippen molar-refractivity contribution < 1.29 is 9.53 Å². The highest BCUT2D eigenvalue weighted by Gasteiger charge is 2.39. The molecule has 3 heterocycles. The minimum Gasteiger partial charge on any atom is -0.444 e. The van der Waals surface area contributed by atoms with Gasteiger partial charge >= 0.3 is 6.09 Å². The van der Waals surface area contributed by atoms with Crippen LogP contribution in [0.15, 0.2) is 12.3 Å². The summed E-state index contributed by atoms with van der Waals surface area (Å²) in [6, 6.07) is 2.04. The maximum absolute atomic E-state index is 12.0. The van der Waals surface area contributed by atoms with Crippen LogP contribution in [-0.4, -0.2) is 57.9 Å². The van der Waals surface area contributed by atoms with Crippen molar-refractivity contribution >= 4 is 6.09 Å². The molecule has 2 aliphatic heterocycles. The quantitative estimate of drug-likeness (QED) is 0.929. The molecule has 1 atom stereocenters. The summed E-state index contributed by atoms with van der Waals surface area (Å²) in [5.74, 6) is 1.30. The van der Waals surface area contributed by atoms with E-state index in [4.69, 9.17) is 4.74 Å². The molecule has 2 fully saturated rings. The molecule has 2 saturated heterocycles. The number of hydrogen-bond acceptors (Lipinski definition) is 4. The van der Waals surface area contributed by atoms with Crippen LogP contribution in [0.3, 0.4) is 0 Å². The van der Waals surface area contributed by atoms with E-state index in [0.29, 0.717) is 11.8 Å². The Morgan fingerprint density at radius 3 is 2.78 bits per heavy atom. The summed E-state index contributed by atoms with van der Waals surface area (Å²) < 4.78 is 5.43. The van der Waals surface area contributed by atoms with Gasteiger partial charge in [-0.1, -0.05) is 0 Å². The molecule has 1 aromatic rings. The van der Waals surface area contributed by atoms with Crippen molar-refractivity contribution in [2.75, 3.05) is 26.2 Å². The summed E-state index contributed by atoms with van der Waals surface area (Å²) in [4.78, 5) is 16.4. The minimum atomic E-state index is -0.409. The van der Waals surface area contributed by atoms with Crippen LogP contribution in [-0.2, 0) is 11.3 Å². The largest absolute Gasteiger partial charge is 0.444 e. The number of aromatic nitrogens is 2. The molecular formula is C17H28N4O2. The summed E-state index contributed by atoms with van der Waals surface area (Å²) in [7, 11) is 0. The molecule has 0 spiro atoms. The molecule has 0 aromatic carbocycles. The molecule has 1 amide bonds. The molecule has 0 radical (unpaired) electrons. The van der Waals surface area contributed by atoms with Crippen LogP contribution < -0.4 is 0 Å². The first-order valence-electron chi connectivity index (χ1n) is 8.59. The van der Waals surface area contributed by atoms with Crippen molar-refractivity contribution in [1.82, 2.24) is 20.0 Å². The van der Waals surface area contributed by atoms with E-state index >= 15 is 0 Å². The van der Waals surface area contributed by atoms with Gasteiger partial charge in [-0.2, -0.15) is 5.10 Å². The number of H-pyrrole nitrogens is 1. The molecule has 6 heteroatoms. The molecule has 1 unspecified atom stereocenters. The smallest absolute Gasteiger partial charge is 0.410 e. The molecule has 0 aliphatic carbocycles. The monoisotopic (exact) mass is 320 g/mol. The first kappa shape index (κ1) is 16.3. The lowest BCUT2D eigenvalue weighted by Gasteiger charge is -2.46. The predicted molar refractivity (Wildman–Crippen MR) is 87.9 cm³/mol. The van der Waals surface area contributed by atoms with Gasteiger partial charge in [0.05, 0.1) is 0 Å². The Morgan fingerprint density at radius 1 is 1.35 bits per heavy atom. The highest BCUT2D eigenvalue weighted by molar-refractivity contribution is 5.69. The van der Waals surface area contributed by atoms with E-state index in [-0.39, 0.29) is 6.09 Å². The Bertz CT molecular complexity index is 517. The lowest BCUT2D eigenvalue weighted by molar-refractivity contribution is -0.0201. The number of nitrogens with zero attached hydrogens (tertiary/aromatic N) is 3. The lowest BCUT2D eigenvalue weighted by atomic mass is 9.81. The van der Waals surface area contributed by atoms with Crippen molar-refractivity contribution in [2.24, 2.45) is 11.8 Å². The van der Waals surface area contributed by atoms with E-state index in [1.165, 1.54) is 18.5 Å². The van der Waals surface area contributed by atoms with Gasteiger partial charge in [-0.25, -0.2) is 4.79 Å². The Morgan fingerprint density at radius 2 is 2.13 bits per heavy atom. The van der Waals surface area contributed by atoms with Crippen LogP contribution in [0, 0.1) is 11.8 Å². The number of ether oxygens (including phenoxy) is 1. The van der Waals surface area contributed by atoms with Gasteiger partial charge in [-0.05, 0) is 58.1 Å². The van der Waals surface area contributed by atoms with Gasteiger partial charge in [-0.3, -0.25) is 10.00 Å². The number of nitrogens with one attached hydrogen (secondary N) is 1. The summed E-state index contributed by atoms with van der Waals surface area (Å²) in [6.45, 7) is 10.6. The van der Waals surface area contributed by atoms with Crippen LogP contribution in [0.25, 0.3) is 0 Å². The SMILES string of the molecule is CC(C)(C)OC(=O)N1CC(C2CCCN(Cc3ccn[nH]3)C2)C1. The highest BCUT2D eigenvalue weighted by Crippen LogP contribution is 2.32.